The Morgan fingerprint density at radius 1 is 1.24 bits per heavy atom. The molecule has 1 fully saturated rings. The van der Waals surface area contributed by atoms with Crippen LogP contribution < -0.4 is 4.90 Å². The molecule has 1 amide bonds. The van der Waals surface area contributed by atoms with Gasteiger partial charge in [0, 0.05) is 18.3 Å². The van der Waals surface area contributed by atoms with Gasteiger partial charge in [-0.2, -0.15) is 0 Å². The number of para-hydroxylation sites is 1. The molecule has 2 atom stereocenters. The number of carbonyl (C=O) groups excluding carboxylic acids is 1. The Morgan fingerprint density at radius 3 is 2.88 bits per heavy atom. The summed E-state index contributed by atoms with van der Waals surface area (Å²) >= 11 is 1.32. The molecule has 0 bridgehead atoms. The number of anilines is 1. The molecule has 3 heterocycles. The maximum Gasteiger partial charge on any atom is 0.237 e. The van der Waals surface area contributed by atoms with Crippen LogP contribution in [0.5, 0.6) is 5.75 Å². The van der Waals surface area contributed by atoms with Crippen molar-refractivity contribution >= 4 is 23.4 Å². The minimum absolute atomic E-state index is 0.0349. The molecule has 0 aliphatic carbocycles. The predicted molar refractivity (Wildman–Crippen MR) is 128 cm³/mol. The first-order valence-electron chi connectivity index (χ1n) is 11.6. The minimum Gasteiger partial charge on any atom is -0.507 e. The molecule has 0 saturated carbocycles. The fourth-order valence-electron chi connectivity index (χ4n) is 4.71. The first kappa shape index (κ1) is 22.9. The molecule has 1 saturated heterocycles. The fourth-order valence-corrected chi connectivity index (χ4v) is 5.52. The van der Waals surface area contributed by atoms with Gasteiger partial charge in [0.15, 0.2) is 11.0 Å². The van der Waals surface area contributed by atoms with Crippen LogP contribution in [0.1, 0.15) is 31.7 Å². The van der Waals surface area contributed by atoms with Crippen LogP contribution in [0.25, 0.3) is 11.4 Å². The third kappa shape index (κ3) is 4.54. The van der Waals surface area contributed by atoms with E-state index in [2.05, 4.69) is 10.2 Å². The Morgan fingerprint density at radius 2 is 2.09 bits per heavy atom. The molecule has 9 heteroatoms. The van der Waals surface area contributed by atoms with Crippen molar-refractivity contribution in [2.75, 3.05) is 17.3 Å². The van der Waals surface area contributed by atoms with Gasteiger partial charge in [-0.15, -0.1) is 10.2 Å². The highest BCUT2D eigenvalue weighted by molar-refractivity contribution is 7.99. The van der Waals surface area contributed by atoms with Crippen molar-refractivity contribution in [1.82, 2.24) is 14.8 Å². The van der Waals surface area contributed by atoms with Crippen molar-refractivity contribution in [3.05, 3.63) is 53.8 Å². The molecule has 0 radical (unpaired) electrons. The van der Waals surface area contributed by atoms with Crippen molar-refractivity contribution in [2.24, 2.45) is 0 Å². The third-order valence-corrected chi connectivity index (χ3v) is 7.39. The predicted octanol–water partition coefficient (Wildman–Crippen LogP) is 4.43. The summed E-state index contributed by atoms with van der Waals surface area (Å²) < 4.78 is 21.5. The fraction of sp³-hybridized carbons (Fsp3) is 0.400. The number of hydrogen-bond donors (Lipinski definition) is 1. The van der Waals surface area contributed by atoms with E-state index in [1.165, 1.54) is 23.9 Å². The van der Waals surface area contributed by atoms with Gasteiger partial charge in [0.25, 0.3) is 0 Å². The number of hydrogen-bond acceptors (Lipinski definition) is 6. The van der Waals surface area contributed by atoms with E-state index in [9.17, 15) is 14.3 Å². The number of phenols is 1. The molecule has 7 nitrogen and oxygen atoms in total. The molecule has 1 aromatic heterocycles. The number of ether oxygens (including phenoxy) is 1. The number of aryl methyl sites for hydroxylation is 1. The van der Waals surface area contributed by atoms with E-state index >= 15 is 0 Å². The summed E-state index contributed by atoms with van der Waals surface area (Å²) in [7, 11) is 0. The van der Waals surface area contributed by atoms with Crippen molar-refractivity contribution in [2.45, 2.75) is 56.5 Å². The number of amides is 1. The first-order valence-corrected chi connectivity index (χ1v) is 12.6. The van der Waals surface area contributed by atoms with Gasteiger partial charge in [-0.05, 0) is 68.5 Å². The lowest BCUT2D eigenvalue weighted by molar-refractivity contribution is -0.116. The summed E-state index contributed by atoms with van der Waals surface area (Å²) in [4.78, 5) is 15.1. The molecule has 2 aliphatic rings. The molecule has 2 aromatic carbocycles. The minimum atomic E-state index is -0.283. The van der Waals surface area contributed by atoms with Crippen molar-refractivity contribution in [3.63, 3.8) is 0 Å². The maximum absolute atomic E-state index is 13.7. The Kier molecular flexibility index (Phi) is 6.56. The molecule has 34 heavy (non-hydrogen) atoms. The van der Waals surface area contributed by atoms with Crippen LogP contribution in [-0.4, -0.2) is 50.3 Å². The number of phenolic OH excluding ortho intramolecular Hbond substituents is 1. The van der Waals surface area contributed by atoms with Gasteiger partial charge >= 0.3 is 0 Å². The second kappa shape index (κ2) is 9.76. The van der Waals surface area contributed by atoms with E-state index in [0.717, 1.165) is 43.5 Å². The highest BCUT2D eigenvalue weighted by atomic mass is 32.2. The van der Waals surface area contributed by atoms with E-state index in [0.29, 0.717) is 23.1 Å². The second-order valence-corrected chi connectivity index (χ2v) is 9.72. The maximum atomic E-state index is 13.7. The van der Waals surface area contributed by atoms with E-state index in [1.807, 2.05) is 17.6 Å². The summed E-state index contributed by atoms with van der Waals surface area (Å²) in [6.45, 7) is 3.30. The molecule has 178 valence electrons. The summed E-state index contributed by atoms with van der Waals surface area (Å²) in [6, 6.07) is 11.7. The van der Waals surface area contributed by atoms with E-state index in [-0.39, 0.29) is 35.4 Å². The Balaban J connectivity index is 1.39. The van der Waals surface area contributed by atoms with Crippen LogP contribution in [0.4, 0.5) is 10.1 Å². The number of aromatic hydroxyl groups is 1. The molecule has 5 rings (SSSR count). The topological polar surface area (TPSA) is 80.5 Å². The van der Waals surface area contributed by atoms with Crippen molar-refractivity contribution in [1.29, 1.82) is 0 Å². The molecule has 0 unspecified atom stereocenters. The summed E-state index contributed by atoms with van der Waals surface area (Å²) in [5.41, 5.74) is 2.23. The van der Waals surface area contributed by atoms with Gasteiger partial charge in [-0.1, -0.05) is 23.9 Å². The van der Waals surface area contributed by atoms with Crippen LogP contribution in [0.2, 0.25) is 0 Å². The number of nitrogens with zero attached hydrogens (tertiary/aromatic N) is 4. The Hall–Kier alpha value is -2.91. The van der Waals surface area contributed by atoms with Crippen LogP contribution in [0.3, 0.4) is 0 Å². The number of halogens is 1. The van der Waals surface area contributed by atoms with Crippen molar-refractivity contribution < 1.29 is 19.0 Å². The number of aromatic nitrogens is 3. The average Bonchev–Trinajstić information content (AvgIpc) is 3.48. The molecule has 1 N–H and O–H groups in total. The van der Waals surface area contributed by atoms with Crippen LogP contribution in [0, 0.1) is 5.82 Å². The standard InChI is InChI=1S/C25H27FN4O3S/c1-16-8-9-17-13-18(26)10-11-21(17)30(16)23(32)15-34-25-28-27-24(20-6-2-3-7-22(20)31)29(25)14-19-5-4-12-33-19/h2-3,6-7,10-11,13,16,19,31H,4-5,8-9,12,14-15H2,1H3/t16-,19+/m1/s1. The van der Waals surface area contributed by atoms with Crippen LogP contribution in [-0.2, 0) is 22.5 Å². The normalized spacial score (nSPS) is 19.9. The number of carbonyl (C=O) groups is 1. The molecule has 2 aliphatic heterocycles. The zero-order valence-electron chi connectivity index (χ0n) is 19.0. The van der Waals surface area contributed by atoms with E-state index in [4.69, 9.17) is 4.74 Å². The zero-order chi connectivity index (χ0) is 23.7. The third-order valence-electron chi connectivity index (χ3n) is 6.44. The van der Waals surface area contributed by atoms with Gasteiger partial charge in [0.1, 0.15) is 11.6 Å². The van der Waals surface area contributed by atoms with Crippen LogP contribution in [0.15, 0.2) is 47.6 Å². The highest BCUT2D eigenvalue weighted by Gasteiger charge is 2.29. The largest absolute Gasteiger partial charge is 0.507 e. The van der Waals surface area contributed by atoms with Gasteiger partial charge in [0.2, 0.25) is 5.91 Å². The number of rotatable bonds is 6. The molecular weight excluding hydrogens is 455 g/mol. The van der Waals surface area contributed by atoms with Gasteiger partial charge in [0.05, 0.1) is 24.0 Å². The zero-order valence-corrected chi connectivity index (χ0v) is 19.8. The SMILES string of the molecule is C[C@@H]1CCc2cc(F)ccc2N1C(=O)CSc1nnc(-c2ccccc2O)n1C[C@@H]1CCCO1. The lowest BCUT2D eigenvalue weighted by Crippen LogP contribution is -2.43. The monoisotopic (exact) mass is 482 g/mol. The lowest BCUT2D eigenvalue weighted by atomic mass is 9.96. The summed E-state index contributed by atoms with van der Waals surface area (Å²) in [5.74, 6) is 0.513. The molecular formula is C25H27FN4O3S. The summed E-state index contributed by atoms with van der Waals surface area (Å²) in [5, 5.41) is 19.7. The highest BCUT2D eigenvalue weighted by Crippen LogP contribution is 2.34. The van der Waals surface area contributed by atoms with E-state index < -0.39 is 0 Å². The smallest absolute Gasteiger partial charge is 0.237 e. The number of benzene rings is 2. The van der Waals surface area contributed by atoms with Gasteiger partial charge < -0.3 is 14.7 Å². The first-order chi connectivity index (χ1) is 16.5. The molecule has 3 aromatic rings. The Bertz CT molecular complexity index is 1190. The van der Waals surface area contributed by atoms with Gasteiger partial charge in [-0.25, -0.2) is 4.39 Å². The van der Waals surface area contributed by atoms with Crippen molar-refractivity contribution in [3.8, 4) is 17.1 Å². The van der Waals surface area contributed by atoms with Crippen LogP contribution >= 0.6 is 11.8 Å². The second-order valence-electron chi connectivity index (χ2n) is 8.78. The number of thioether (sulfide) groups is 1. The quantitative estimate of drug-likeness (QED) is 0.524. The molecule has 0 spiro atoms. The average molecular weight is 483 g/mol. The number of fused-ring (bicyclic) bond motifs is 1. The summed E-state index contributed by atoms with van der Waals surface area (Å²) in [6.07, 6.45) is 3.54. The Labute approximate surface area is 201 Å². The van der Waals surface area contributed by atoms with E-state index in [1.54, 1.807) is 29.2 Å². The lowest BCUT2D eigenvalue weighted by Gasteiger charge is -2.35. The van der Waals surface area contributed by atoms with Gasteiger partial charge in [-0.3, -0.25) is 9.36 Å².